The molecule has 142 valence electrons. The molecule has 27 heavy (non-hydrogen) atoms. The van der Waals surface area contributed by atoms with Crippen LogP contribution < -0.4 is 5.32 Å². The first-order valence-corrected chi connectivity index (χ1v) is 11.3. The molecule has 1 aromatic heterocycles. The first kappa shape index (κ1) is 17.4. The van der Waals surface area contributed by atoms with Gasteiger partial charge in [-0.15, -0.1) is 0 Å². The van der Waals surface area contributed by atoms with Crippen LogP contribution in [-0.2, 0) is 16.8 Å². The highest BCUT2D eigenvalue weighted by atomic mass is 32.1. The number of fused-ring (bicyclic) bond motifs is 2. The zero-order valence-corrected chi connectivity index (χ0v) is 16.6. The van der Waals surface area contributed by atoms with Crippen LogP contribution in [0.3, 0.4) is 0 Å². The Morgan fingerprint density at radius 3 is 2.74 bits per heavy atom. The maximum absolute atomic E-state index is 12.4. The molecule has 1 saturated carbocycles. The minimum atomic E-state index is 0.254. The van der Waals surface area contributed by atoms with Crippen LogP contribution in [-0.4, -0.2) is 29.9 Å². The van der Waals surface area contributed by atoms with Gasteiger partial charge in [0, 0.05) is 19.0 Å². The van der Waals surface area contributed by atoms with Gasteiger partial charge in [-0.2, -0.15) is 11.3 Å². The van der Waals surface area contributed by atoms with E-state index < -0.39 is 0 Å². The maximum Gasteiger partial charge on any atom is 0.220 e. The number of carbonyl (C=O) groups excluding carboxylic acids is 1. The molecule has 2 aromatic rings. The number of hydrogen-bond acceptors (Lipinski definition) is 3. The molecule has 1 aliphatic heterocycles. The second-order valence-corrected chi connectivity index (χ2v) is 9.50. The normalized spacial score (nSPS) is 24.1. The molecule has 1 N–H and O–H groups in total. The van der Waals surface area contributed by atoms with E-state index in [1.165, 1.54) is 29.5 Å². The maximum atomic E-state index is 12.4. The molecule has 0 unspecified atom stereocenters. The van der Waals surface area contributed by atoms with Crippen molar-refractivity contribution >= 4 is 17.2 Å². The summed E-state index contributed by atoms with van der Waals surface area (Å²) in [4.78, 5) is 15.0. The highest BCUT2D eigenvalue weighted by molar-refractivity contribution is 7.07. The van der Waals surface area contributed by atoms with Gasteiger partial charge in [0.25, 0.3) is 0 Å². The number of carbonyl (C=O) groups is 1. The Balaban J connectivity index is 1.29. The molecule has 1 aromatic carbocycles. The standard InChI is InChI=1S/C23H28N2OS/c26-22(24-19-5-6-19)13-18-14-23(21-4-2-1-3-20(18)21)8-10-25(11-9-23)15-17-7-12-27-16-17/h1-4,7,12,16,18-19H,5-6,8-11,13-15H2,(H,24,26)/t18-/m0/s1. The van der Waals surface area contributed by atoms with Crippen LogP contribution in [0, 0.1) is 0 Å². The Labute approximate surface area is 165 Å². The second kappa shape index (κ2) is 7.06. The number of benzene rings is 1. The molecule has 0 radical (unpaired) electrons. The summed E-state index contributed by atoms with van der Waals surface area (Å²) in [7, 11) is 0. The topological polar surface area (TPSA) is 32.3 Å². The number of likely N-dealkylation sites (tertiary alicyclic amines) is 1. The molecular formula is C23H28N2OS. The third-order valence-electron chi connectivity index (χ3n) is 6.78. The van der Waals surface area contributed by atoms with E-state index in [1.807, 2.05) is 0 Å². The van der Waals surface area contributed by atoms with Crippen molar-refractivity contribution in [3.05, 3.63) is 57.8 Å². The Hall–Kier alpha value is -1.65. The number of nitrogens with zero attached hydrogens (tertiary/aromatic N) is 1. The van der Waals surface area contributed by atoms with Gasteiger partial charge < -0.3 is 5.32 Å². The van der Waals surface area contributed by atoms with Crippen LogP contribution >= 0.6 is 11.3 Å². The summed E-state index contributed by atoms with van der Waals surface area (Å²) in [6.45, 7) is 3.39. The van der Waals surface area contributed by atoms with E-state index in [4.69, 9.17) is 0 Å². The first-order chi connectivity index (χ1) is 13.2. The quantitative estimate of drug-likeness (QED) is 0.832. The van der Waals surface area contributed by atoms with E-state index in [1.54, 1.807) is 11.3 Å². The SMILES string of the molecule is O=C(C[C@H]1CC2(CCN(Cc3ccsc3)CC2)c2ccccc21)NC1CC1. The fourth-order valence-corrected chi connectivity index (χ4v) is 5.86. The Morgan fingerprint density at radius 2 is 2.00 bits per heavy atom. The first-order valence-electron chi connectivity index (χ1n) is 10.3. The minimum absolute atomic E-state index is 0.254. The van der Waals surface area contributed by atoms with Crippen molar-refractivity contribution in [2.75, 3.05) is 13.1 Å². The van der Waals surface area contributed by atoms with Crippen LogP contribution in [0.15, 0.2) is 41.1 Å². The lowest BCUT2D eigenvalue weighted by molar-refractivity contribution is -0.121. The van der Waals surface area contributed by atoms with E-state index in [0.717, 1.165) is 38.9 Å². The lowest BCUT2D eigenvalue weighted by atomic mass is 9.73. The molecule has 2 heterocycles. The van der Waals surface area contributed by atoms with Crippen molar-refractivity contribution in [1.29, 1.82) is 0 Å². The molecule has 3 nitrogen and oxygen atoms in total. The molecule has 1 atom stereocenters. The van der Waals surface area contributed by atoms with Crippen LogP contribution in [0.4, 0.5) is 0 Å². The number of amides is 1. The fraction of sp³-hybridized carbons (Fsp3) is 0.522. The predicted molar refractivity (Wildman–Crippen MR) is 110 cm³/mol. The third kappa shape index (κ3) is 3.57. The number of rotatable bonds is 5. The number of piperidine rings is 1. The Kier molecular flexibility index (Phi) is 4.57. The summed E-state index contributed by atoms with van der Waals surface area (Å²) >= 11 is 1.79. The van der Waals surface area contributed by atoms with Crippen molar-refractivity contribution in [3.8, 4) is 0 Å². The lowest BCUT2D eigenvalue weighted by Crippen LogP contribution is -2.41. The highest BCUT2D eigenvalue weighted by Crippen LogP contribution is 2.52. The smallest absolute Gasteiger partial charge is 0.220 e. The molecule has 2 aliphatic carbocycles. The van der Waals surface area contributed by atoms with Gasteiger partial charge in [0.05, 0.1) is 0 Å². The predicted octanol–water partition coefficient (Wildman–Crippen LogP) is 4.44. The number of nitrogens with one attached hydrogen (secondary N) is 1. The van der Waals surface area contributed by atoms with Crippen molar-refractivity contribution in [3.63, 3.8) is 0 Å². The summed E-state index contributed by atoms with van der Waals surface area (Å²) < 4.78 is 0. The van der Waals surface area contributed by atoms with Gasteiger partial charge in [-0.05, 0) is 90.0 Å². The Morgan fingerprint density at radius 1 is 1.19 bits per heavy atom. The average Bonchev–Trinajstić information content (AvgIpc) is 3.24. The Bertz CT molecular complexity index is 804. The number of thiophene rings is 1. The van der Waals surface area contributed by atoms with Gasteiger partial charge >= 0.3 is 0 Å². The van der Waals surface area contributed by atoms with E-state index >= 15 is 0 Å². The van der Waals surface area contributed by atoms with Crippen LogP contribution in [0.25, 0.3) is 0 Å². The molecule has 5 rings (SSSR count). The van der Waals surface area contributed by atoms with E-state index in [-0.39, 0.29) is 11.3 Å². The summed E-state index contributed by atoms with van der Waals surface area (Å²) in [6.07, 6.45) is 6.57. The summed E-state index contributed by atoms with van der Waals surface area (Å²) in [5, 5.41) is 7.63. The van der Waals surface area contributed by atoms with Gasteiger partial charge in [0.15, 0.2) is 0 Å². The molecule has 4 heteroatoms. The largest absolute Gasteiger partial charge is 0.353 e. The van der Waals surface area contributed by atoms with E-state index in [2.05, 4.69) is 51.3 Å². The highest BCUT2D eigenvalue weighted by Gasteiger charge is 2.45. The van der Waals surface area contributed by atoms with Crippen LogP contribution in [0.2, 0.25) is 0 Å². The second-order valence-electron chi connectivity index (χ2n) is 8.72. The molecule has 1 spiro atoms. The van der Waals surface area contributed by atoms with Gasteiger partial charge in [-0.25, -0.2) is 0 Å². The molecule has 1 saturated heterocycles. The molecule has 0 bridgehead atoms. The fourth-order valence-electron chi connectivity index (χ4n) is 5.20. The van der Waals surface area contributed by atoms with Crippen molar-refractivity contribution in [1.82, 2.24) is 10.2 Å². The van der Waals surface area contributed by atoms with Gasteiger partial charge in [0.2, 0.25) is 5.91 Å². The summed E-state index contributed by atoms with van der Waals surface area (Å²) in [5.41, 5.74) is 4.70. The van der Waals surface area contributed by atoms with Crippen molar-refractivity contribution in [2.45, 2.75) is 62.4 Å². The lowest BCUT2D eigenvalue weighted by Gasteiger charge is -2.40. The minimum Gasteiger partial charge on any atom is -0.353 e. The molecule has 3 aliphatic rings. The van der Waals surface area contributed by atoms with Gasteiger partial charge in [-0.1, -0.05) is 24.3 Å². The molecular weight excluding hydrogens is 352 g/mol. The zero-order valence-electron chi connectivity index (χ0n) is 15.8. The zero-order chi connectivity index (χ0) is 18.3. The van der Waals surface area contributed by atoms with Gasteiger partial charge in [0.1, 0.15) is 0 Å². The number of hydrogen-bond donors (Lipinski definition) is 1. The monoisotopic (exact) mass is 380 g/mol. The van der Waals surface area contributed by atoms with E-state index in [9.17, 15) is 4.79 Å². The summed E-state index contributed by atoms with van der Waals surface area (Å²) in [5.74, 6) is 0.646. The van der Waals surface area contributed by atoms with Crippen LogP contribution in [0.1, 0.15) is 61.1 Å². The molecule has 2 fully saturated rings. The van der Waals surface area contributed by atoms with E-state index in [0.29, 0.717) is 18.4 Å². The van der Waals surface area contributed by atoms with Crippen LogP contribution in [0.5, 0.6) is 0 Å². The molecule has 1 amide bonds. The summed E-state index contributed by atoms with van der Waals surface area (Å²) in [6, 6.07) is 11.7. The van der Waals surface area contributed by atoms with Crippen molar-refractivity contribution in [2.24, 2.45) is 0 Å². The third-order valence-corrected chi connectivity index (χ3v) is 7.51. The van der Waals surface area contributed by atoms with Crippen molar-refractivity contribution < 1.29 is 4.79 Å². The van der Waals surface area contributed by atoms with Gasteiger partial charge in [-0.3, -0.25) is 9.69 Å². The average molecular weight is 381 g/mol.